The van der Waals surface area contributed by atoms with Gasteiger partial charge in [0.05, 0.1) is 6.54 Å². The van der Waals surface area contributed by atoms with Crippen LogP contribution in [0, 0.1) is 0 Å². The topological polar surface area (TPSA) is 36.4 Å². The van der Waals surface area contributed by atoms with Gasteiger partial charge in [-0.25, -0.2) is 4.98 Å². The van der Waals surface area contributed by atoms with Crippen molar-refractivity contribution in [3.05, 3.63) is 28.5 Å². The number of nitrogens with zero attached hydrogens (tertiary/aromatic N) is 2. The molecule has 1 aromatic heterocycles. The first kappa shape index (κ1) is 8.64. The van der Waals surface area contributed by atoms with Gasteiger partial charge in [-0.3, -0.25) is 0 Å². The average Bonchev–Trinajstić information content (AvgIpc) is 1.93. The van der Waals surface area contributed by atoms with E-state index in [0.717, 1.165) is 15.2 Å². The number of halogens is 1. The number of pyridine rings is 1. The van der Waals surface area contributed by atoms with Crippen LogP contribution in [0.2, 0.25) is 0 Å². The molecule has 60 valence electrons. The second-order valence-corrected chi connectivity index (χ2v) is 3.12. The maximum atomic E-state index is 8.87. The molecule has 0 aromatic carbocycles. The molecule has 3 nitrogen and oxygen atoms in total. The maximum absolute atomic E-state index is 8.87. The van der Waals surface area contributed by atoms with E-state index < -0.39 is 0 Å². The molecular formula is C7H9BrN2O. The van der Waals surface area contributed by atoms with Gasteiger partial charge in [-0.1, -0.05) is 6.07 Å². The quantitative estimate of drug-likeness (QED) is 0.604. The summed E-state index contributed by atoms with van der Waals surface area (Å²) in [6, 6.07) is 3.75. The zero-order chi connectivity index (χ0) is 8.27. The summed E-state index contributed by atoms with van der Waals surface area (Å²) in [6.45, 7) is 0.500. The minimum atomic E-state index is 0.500. The van der Waals surface area contributed by atoms with E-state index in [2.05, 4.69) is 20.9 Å². The van der Waals surface area contributed by atoms with Gasteiger partial charge in [-0.15, -0.1) is 0 Å². The van der Waals surface area contributed by atoms with Gasteiger partial charge in [0.1, 0.15) is 4.60 Å². The first-order valence-corrected chi connectivity index (χ1v) is 3.98. The average molecular weight is 217 g/mol. The smallest absolute Gasteiger partial charge is 0.106 e. The molecule has 0 bridgehead atoms. The fourth-order valence-electron chi connectivity index (χ4n) is 0.764. The molecule has 0 aliphatic rings. The molecule has 0 aliphatic carbocycles. The highest BCUT2D eigenvalue weighted by atomic mass is 79.9. The summed E-state index contributed by atoms with van der Waals surface area (Å²) in [4.78, 5) is 4.01. The Hall–Kier alpha value is -0.450. The summed E-state index contributed by atoms with van der Waals surface area (Å²) < 4.78 is 0.807. The number of hydroxylamine groups is 2. The maximum Gasteiger partial charge on any atom is 0.106 e. The van der Waals surface area contributed by atoms with Crippen molar-refractivity contribution in [2.75, 3.05) is 7.05 Å². The van der Waals surface area contributed by atoms with Gasteiger partial charge < -0.3 is 5.21 Å². The molecule has 4 heteroatoms. The molecule has 0 unspecified atom stereocenters. The Bertz CT molecular complexity index is 222. The van der Waals surface area contributed by atoms with E-state index in [-0.39, 0.29) is 0 Å². The molecular weight excluding hydrogens is 208 g/mol. The van der Waals surface area contributed by atoms with Crippen LogP contribution in [0.5, 0.6) is 0 Å². The van der Waals surface area contributed by atoms with Gasteiger partial charge in [-0.05, 0) is 27.6 Å². The van der Waals surface area contributed by atoms with Crippen LogP contribution in [0.25, 0.3) is 0 Å². The third kappa shape index (κ3) is 2.96. The number of hydrogen-bond acceptors (Lipinski definition) is 3. The minimum Gasteiger partial charge on any atom is -0.314 e. The van der Waals surface area contributed by atoms with Crippen molar-refractivity contribution >= 4 is 15.9 Å². The standard InChI is InChI=1S/C7H9BrN2O/c1-10(11)5-6-2-3-7(8)9-4-6/h2-4,11H,5H2,1H3. The molecule has 1 heterocycles. The first-order chi connectivity index (χ1) is 5.18. The predicted octanol–water partition coefficient (Wildman–Crippen LogP) is 1.67. The molecule has 11 heavy (non-hydrogen) atoms. The molecule has 0 amide bonds. The molecule has 0 radical (unpaired) electrons. The Labute approximate surface area is 73.8 Å². The van der Waals surface area contributed by atoms with E-state index in [4.69, 9.17) is 5.21 Å². The number of hydrogen-bond donors (Lipinski definition) is 1. The van der Waals surface area contributed by atoms with Crippen molar-refractivity contribution in [2.24, 2.45) is 0 Å². The van der Waals surface area contributed by atoms with Crippen LogP contribution in [-0.4, -0.2) is 22.3 Å². The van der Waals surface area contributed by atoms with Crippen molar-refractivity contribution in [3.63, 3.8) is 0 Å². The van der Waals surface area contributed by atoms with Gasteiger partial charge in [0.25, 0.3) is 0 Å². The van der Waals surface area contributed by atoms with E-state index in [1.165, 1.54) is 0 Å². The lowest BCUT2D eigenvalue weighted by Gasteiger charge is -2.06. The van der Waals surface area contributed by atoms with E-state index in [1.54, 1.807) is 13.2 Å². The van der Waals surface area contributed by atoms with Crippen molar-refractivity contribution in [1.82, 2.24) is 10.0 Å². The monoisotopic (exact) mass is 216 g/mol. The second-order valence-electron chi connectivity index (χ2n) is 2.30. The minimum absolute atomic E-state index is 0.500. The van der Waals surface area contributed by atoms with Gasteiger partial charge in [0.2, 0.25) is 0 Å². The lowest BCUT2D eigenvalue weighted by molar-refractivity contribution is -0.0732. The van der Waals surface area contributed by atoms with Crippen molar-refractivity contribution in [2.45, 2.75) is 6.54 Å². The first-order valence-electron chi connectivity index (χ1n) is 3.19. The molecule has 0 fully saturated rings. The Kier molecular flexibility index (Phi) is 2.99. The predicted molar refractivity (Wildman–Crippen MR) is 45.2 cm³/mol. The second kappa shape index (κ2) is 3.80. The SMILES string of the molecule is CN(O)Cc1ccc(Br)nc1. The molecule has 0 spiro atoms. The van der Waals surface area contributed by atoms with E-state index in [0.29, 0.717) is 6.54 Å². The normalized spacial score (nSPS) is 10.5. The Morgan fingerprint density at radius 1 is 1.64 bits per heavy atom. The highest BCUT2D eigenvalue weighted by Gasteiger charge is 1.95. The highest BCUT2D eigenvalue weighted by Crippen LogP contribution is 2.06. The fourth-order valence-corrected chi connectivity index (χ4v) is 0.999. The van der Waals surface area contributed by atoms with Gasteiger partial charge >= 0.3 is 0 Å². The Morgan fingerprint density at radius 2 is 2.36 bits per heavy atom. The van der Waals surface area contributed by atoms with Gasteiger partial charge in [0, 0.05) is 13.2 Å². The van der Waals surface area contributed by atoms with Crippen LogP contribution in [0.1, 0.15) is 5.56 Å². The highest BCUT2D eigenvalue weighted by molar-refractivity contribution is 9.10. The molecule has 0 aliphatic heterocycles. The summed E-state index contributed by atoms with van der Waals surface area (Å²) in [7, 11) is 1.60. The summed E-state index contributed by atoms with van der Waals surface area (Å²) in [6.07, 6.45) is 1.72. The fraction of sp³-hybridized carbons (Fsp3) is 0.286. The zero-order valence-electron chi connectivity index (χ0n) is 6.16. The van der Waals surface area contributed by atoms with E-state index in [9.17, 15) is 0 Å². The number of rotatable bonds is 2. The molecule has 1 N–H and O–H groups in total. The molecule has 1 rings (SSSR count). The van der Waals surface area contributed by atoms with Crippen LogP contribution in [-0.2, 0) is 6.54 Å². The van der Waals surface area contributed by atoms with Crippen molar-refractivity contribution in [3.8, 4) is 0 Å². The van der Waals surface area contributed by atoms with Gasteiger partial charge in [-0.2, -0.15) is 5.06 Å². The van der Waals surface area contributed by atoms with E-state index >= 15 is 0 Å². The molecule has 1 aromatic rings. The molecule has 0 saturated heterocycles. The van der Waals surface area contributed by atoms with Crippen LogP contribution < -0.4 is 0 Å². The summed E-state index contributed by atoms with van der Waals surface area (Å²) in [5.41, 5.74) is 0.984. The van der Waals surface area contributed by atoms with Crippen molar-refractivity contribution in [1.29, 1.82) is 0 Å². The summed E-state index contributed by atoms with van der Waals surface area (Å²) >= 11 is 3.22. The summed E-state index contributed by atoms with van der Waals surface area (Å²) in [5, 5.41) is 9.98. The number of aromatic nitrogens is 1. The lowest BCUT2D eigenvalue weighted by Crippen LogP contribution is -2.11. The van der Waals surface area contributed by atoms with Crippen LogP contribution in [0.4, 0.5) is 0 Å². The van der Waals surface area contributed by atoms with E-state index in [1.807, 2.05) is 12.1 Å². The molecule has 0 saturated carbocycles. The third-order valence-electron chi connectivity index (χ3n) is 1.20. The van der Waals surface area contributed by atoms with Crippen LogP contribution in [0.3, 0.4) is 0 Å². The third-order valence-corrected chi connectivity index (χ3v) is 1.67. The van der Waals surface area contributed by atoms with Crippen molar-refractivity contribution < 1.29 is 5.21 Å². The van der Waals surface area contributed by atoms with Crippen LogP contribution >= 0.6 is 15.9 Å². The molecule has 0 atom stereocenters. The zero-order valence-corrected chi connectivity index (χ0v) is 7.74. The largest absolute Gasteiger partial charge is 0.314 e. The van der Waals surface area contributed by atoms with Gasteiger partial charge in [0.15, 0.2) is 0 Å². The summed E-state index contributed by atoms with van der Waals surface area (Å²) in [5.74, 6) is 0. The van der Waals surface area contributed by atoms with Crippen LogP contribution in [0.15, 0.2) is 22.9 Å². The Balaban J connectivity index is 2.66. The lowest BCUT2D eigenvalue weighted by atomic mass is 10.3. The Morgan fingerprint density at radius 3 is 2.82 bits per heavy atom.